The maximum Gasteiger partial charge on any atom is 0.255 e. The summed E-state index contributed by atoms with van der Waals surface area (Å²) in [7, 11) is 5.33. The lowest BCUT2D eigenvalue weighted by molar-refractivity contribution is 0.0780. The summed E-state index contributed by atoms with van der Waals surface area (Å²) < 4.78 is 1.87. The summed E-state index contributed by atoms with van der Waals surface area (Å²) in [6.45, 7) is 0.424. The lowest BCUT2D eigenvalue weighted by atomic mass is 10.2. The van der Waals surface area contributed by atoms with Gasteiger partial charge in [0.1, 0.15) is 11.6 Å². The highest BCUT2D eigenvalue weighted by Crippen LogP contribution is 2.20. The van der Waals surface area contributed by atoms with Crippen LogP contribution < -0.4 is 5.32 Å². The van der Waals surface area contributed by atoms with Crippen molar-refractivity contribution in [3.8, 4) is 0 Å². The molecule has 6 nitrogen and oxygen atoms in total. The molecule has 2 aromatic rings. The van der Waals surface area contributed by atoms with Crippen molar-refractivity contribution in [3.63, 3.8) is 0 Å². The molecule has 0 saturated carbocycles. The standard InChI is InChI=1S/C13H16ClN5O/c1-15-12-10(14)6-9(7-17-12)13(20)19(3)8-11-16-4-5-18(11)2/h4-7H,8H2,1-3H3,(H,15,17). The Morgan fingerprint density at radius 1 is 1.50 bits per heavy atom. The van der Waals surface area contributed by atoms with E-state index in [1.165, 1.54) is 6.20 Å². The molecule has 0 saturated heterocycles. The van der Waals surface area contributed by atoms with Crippen LogP contribution in [0.15, 0.2) is 24.7 Å². The van der Waals surface area contributed by atoms with Gasteiger partial charge < -0.3 is 14.8 Å². The molecule has 0 unspecified atom stereocenters. The summed E-state index contributed by atoms with van der Waals surface area (Å²) in [4.78, 5) is 22.2. The summed E-state index contributed by atoms with van der Waals surface area (Å²) in [5.41, 5.74) is 0.450. The molecule has 2 aromatic heterocycles. The molecule has 1 amide bonds. The van der Waals surface area contributed by atoms with E-state index in [2.05, 4.69) is 15.3 Å². The summed E-state index contributed by atoms with van der Waals surface area (Å²) >= 11 is 6.03. The van der Waals surface area contributed by atoms with Gasteiger partial charge in [-0.1, -0.05) is 11.6 Å². The maximum absolute atomic E-state index is 12.3. The smallest absolute Gasteiger partial charge is 0.255 e. The molecule has 7 heteroatoms. The number of amides is 1. The molecular formula is C13H16ClN5O. The number of aryl methyl sites for hydroxylation is 1. The van der Waals surface area contributed by atoms with Crippen LogP contribution in [0.5, 0.6) is 0 Å². The minimum atomic E-state index is -0.148. The first-order chi connectivity index (χ1) is 9.52. The highest BCUT2D eigenvalue weighted by molar-refractivity contribution is 6.33. The number of anilines is 1. The van der Waals surface area contributed by atoms with Crippen molar-refractivity contribution in [1.29, 1.82) is 0 Å². The third kappa shape index (κ3) is 2.91. The Morgan fingerprint density at radius 3 is 2.80 bits per heavy atom. The van der Waals surface area contributed by atoms with Gasteiger partial charge in [-0.15, -0.1) is 0 Å². The Balaban J connectivity index is 2.14. The van der Waals surface area contributed by atoms with Gasteiger partial charge in [-0.25, -0.2) is 9.97 Å². The monoisotopic (exact) mass is 293 g/mol. The van der Waals surface area contributed by atoms with E-state index in [1.54, 1.807) is 31.3 Å². The number of nitrogens with zero attached hydrogens (tertiary/aromatic N) is 4. The van der Waals surface area contributed by atoms with Crippen molar-refractivity contribution in [1.82, 2.24) is 19.4 Å². The first kappa shape index (κ1) is 14.3. The third-order valence-electron chi connectivity index (χ3n) is 2.97. The highest BCUT2D eigenvalue weighted by atomic mass is 35.5. The Bertz CT molecular complexity index is 625. The molecule has 0 aromatic carbocycles. The van der Waals surface area contributed by atoms with Crippen molar-refractivity contribution in [2.24, 2.45) is 7.05 Å². The zero-order valence-corrected chi connectivity index (χ0v) is 12.3. The molecule has 0 radical (unpaired) electrons. The average molecular weight is 294 g/mol. The van der Waals surface area contributed by atoms with Crippen LogP contribution in [0, 0.1) is 0 Å². The molecule has 20 heavy (non-hydrogen) atoms. The van der Waals surface area contributed by atoms with Crippen molar-refractivity contribution in [3.05, 3.63) is 41.1 Å². The summed E-state index contributed by atoms with van der Waals surface area (Å²) in [5, 5.41) is 3.27. The zero-order chi connectivity index (χ0) is 14.7. The van der Waals surface area contributed by atoms with E-state index < -0.39 is 0 Å². The van der Waals surface area contributed by atoms with Gasteiger partial charge in [0.05, 0.1) is 17.1 Å². The van der Waals surface area contributed by atoms with E-state index in [0.29, 0.717) is 22.9 Å². The Kier molecular flexibility index (Phi) is 4.24. The first-order valence-electron chi connectivity index (χ1n) is 6.08. The number of pyridine rings is 1. The quantitative estimate of drug-likeness (QED) is 0.933. The number of carbonyl (C=O) groups excluding carboxylic acids is 1. The SMILES string of the molecule is CNc1ncc(C(=O)N(C)Cc2nccn2C)cc1Cl. The summed E-state index contributed by atoms with van der Waals surface area (Å²) in [6.07, 6.45) is 5.05. The van der Waals surface area contributed by atoms with E-state index in [4.69, 9.17) is 11.6 Å². The number of carbonyl (C=O) groups is 1. The summed E-state index contributed by atoms with van der Waals surface area (Å²) in [5.74, 6) is 1.21. The average Bonchev–Trinajstić information content (AvgIpc) is 2.83. The molecule has 0 aliphatic carbocycles. The predicted octanol–water partition coefficient (Wildman–Crippen LogP) is 1.78. The fraction of sp³-hybridized carbons (Fsp3) is 0.308. The van der Waals surface area contributed by atoms with Crippen LogP contribution >= 0.6 is 11.6 Å². The number of imidazole rings is 1. The normalized spacial score (nSPS) is 10.4. The molecule has 0 fully saturated rings. The van der Waals surface area contributed by atoms with Gasteiger partial charge in [0.15, 0.2) is 0 Å². The Morgan fingerprint density at radius 2 is 2.25 bits per heavy atom. The van der Waals surface area contributed by atoms with Crippen LogP contribution in [0.25, 0.3) is 0 Å². The Labute approximate surface area is 122 Å². The molecule has 0 aliphatic heterocycles. The second-order valence-electron chi connectivity index (χ2n) is 4.42. The summed E-state index contributed by atoms with van der Waals surface area (Å²) in [6, 6.07) is 1.61. The molecule has 0 spiro atoms. The van der Waals surface area contributed by atoms with E-state index in [9.17, 15) is 4.79 Å². The van der Waals surface area contributed by atoms with Gasteiger partial charge in [-0.2, -0.15) is 0 Å². The van der Waals surface area contributed by atoms with Gasteiger partial charge >= 0.3 is 0 Å². The van der Waals surface area contributed by atoms with E-state index in [0.717, 1.165) is 5.82 Å². The highest BCUT2D eigenvalue weighted by Gasteiger charge is 2.15. The molecule has 2 rings (SSSR count). The van der Waals surface area contributed by atoms with Crippen molar-refractivity contribution < 1.29 is 4.79 Å². The van der Waals surface area contributed by atoms with Crippen LogP contribution in [0.1, 0.15) is 16.2 Å². The van der Waals surface area contributed by atoms with Gasteiger partial charge in [0, 0.05) is 39.7 Å². The van der Waals surface area contributed by atoms with Crippen LogP contribution in [0.4, 0.5) is 5.82 Å². The molecule has 0 atom stereocenters. The lowest BCUT2D eigenvalue weighted by Crippen LogP contribution is -2.27. The number of hydrogen-bond acceptors (Lipinski definition) is 4. The molecule has 1 N–H and O–H groups in total. The van der Waals surface area contributed by atoms with Gasteiger partial charge in [-0.3, -0.25) is 4.79 Å². The lowest BCUT2D eigenvalue weighted by Gasteiger charge is -2.17. The number of hydrogen-bond donors (Lipinski definition) is 1. The minimum Gasteiger partial charge on any atom is -0.372 e. The minimum absolute atomic E-state index is 0.148. The number of aromatic nitrogens is 3. The molecule has 0 aliphatic rings. The molecule has 0 bridgehead atoms. The van der Waals surface area contributed by atoms with Crippen molar-refractivity contribution in [2.45, 2.75) is 6.54 Å². The topological polar surface area (TPSA) is 63.1 Å². The van der Waals surface area contributed by atoms with Crippen molar-refractivity contribution >= 4 is 23.3 Å². The van der Waals surface area contributed by atoms with Crippen molar-refractivity contribution in [2.75, 3.05) is 19.4 Å². The van der Waals surface area contributed by atoms with Crippen LogP contribution in [-0.4, -0.2) is 39.4 Å². The van der Waals surface area contributed by atoms with Gasteiger partial charge in [0.2, 0.25) is 0 Å². The predicted molar refractivity (Wildman–Crippen MR) is 77.8 cm³/mol. The zero-order valence-electron chi connectivity index (χ0n) is 11.6. The van der Waals surface area contributed by atoms with Crippen LogP contribution in [0.3, 0.4) is 0 Å². The van der Waals surface area contributed by atoms with Crippen LogP contribution in [0.2, 0.25) is 5.02 Å². The van der Waals surface area contributed by atoms with Gasteiger partial charge in [0.25, 0.3) is 5.91 Å². The van der Waals surface area contributed by atoms with Gasteiger partial charge in [-0.05, 0) is 6.07 Å². The fourth-order valence-electron chi connectivity index (χ4n) is 1.79. The second-order valence-corrected chi connectivity index (χ2v) is 4.83. The van der Waals surface area contributed by atoms with E-state index in [-0.39, 0.29) is 5.91 Å². The number of nitrogens with one attached hydrogen (secondary N) is 1. The van der Waals surface area contributed by atoms with E-state index >= 15 is 0 Å². The van der Waals surface area contributed by atoms with Crippen LogP contribution in [-0.2, 0) is 13.6 Å². The largest absolute Gasteiger partial charge is 0.372 e. The third-order valence-corrected chi connectivity index (χ3v) is 3.26. The molecule has 106 valence electrons. The second kappa shape index (κ2) is 5.92. The Hall–Kier alpha value is -2.08. The maximum atomic E-state index is 12.3. The fourth-order valence-corrected chi connectivity index (χ4v) is 2.05. The molecular weight excluding hydrogens is 278 g/mol. The van der Waals surface area contributed by atoms with E-state index in [1.807, 2.05) is 17.8 Å². The first-order valence-corrected chi connectivity index (χ1v) is 6.45. The number of rotatable bonds is 4. The molecule has 2 heterocycles. The number of halogens is 1.